The molecule has 0 aliphatic heterocycles. The molecule has 0 amide bonds. The third-order valence-corrected chi connectivity index (χ3v) is 2.52. The van der Waals surface area contributed by atoms with Gasteiger partial charge in [-0.3, -0.25) is 11.3 Å². The van der Waals surface area contributed by atoms with Gasteiger partial charge in [0.2, 0.25) is 0 Å². The second kappa shape index (κ2) is 7.21. The van der Waals surface area contributed by atoms with Crippen LogP contribution in [0.1, 0.15) is 24.9 Å². The van der Waals surface area contributed by atoms with Gasteiger partial charge >= 0.3 is 0 Å². The van der Waals surface area contributed by atoms with E-state index in [0.29, 0.717) is 30.9 Å². The van der Waals surface area contributed by atoms with Gasteiger partial charge in [-0.25, -0.2) is 4.39 Å². The van der Waals surface area contributed by atoms with Crippen molar-refractivity contribution in [3.8, 4) is 5.75 Å². The Morgan fingerprint density at radius 3 is 2.82 bits per heavy atom. The Morgan fingerprint density at radius 2 is 2.24 bits per heavy atom. The monoisotopic (exact) mass is 242 g/mol. The molecule has 0 saturated carbocycles. The molecular weight excluding hydrogens is 223 g/mol. The highest BCUT2D eigenvalue weighted by molar-refractivity contribution is 5.36. The average Bonchev–Trinajstić information content (AvgIpc) is 2.35. The summed E-state index contributed by atoms with van der Waals surface area (Å²) in [5, 5.41) is 0. The Morgan fingerprint density at radius 1 is 1.47 bits per heavy atom. The van der Waals surface area contributed by atoms with Crippen LogP contribution >= 0.6 is 0 Å². The molecule has 1 atom stereocenters. The van der Waals surface area contributed by atoms with Crippen molar-refractivity contribution in [2.24, 2.45) is 5.84 Å². The van der Waals surface area contributed by atoms with E-state index in [4.69, 9.17) is 15.3 Å². The predicted molar refractivity (Wildman–Crippen MR) is 64.1 cm³/mol. The van der Waals surface area contributed by atoms with E-state index in [1.807, 2.05) is 6.92 Å². The maximum absolute atomic E-state index is 13.2. The van der Waals surface area contributed by atoms with Gasteiger partial charge in [0.05, 0.1) is 13.2 Å². The number of benzene rings is 1. The molecule has 0 aliphatic carbocycles. The fourth-order valence-corrected chi connectivity index (χ4v) is 1.65. The molecule has 0 saturated heterocycles. The maximum atomic E-state index is 13.2. The van der Waals surface area contributed by atoms with E-state index in [9.17, 15) is 4.39 Å². The zero-order valence-electron chi connectivity index (χ0n) is 10.2. The van der Waals surface area contributed by atoms with Crippen LogP contribution in [0.2, 0.25) is 0 Å². The Balaban J connectivity index is 2.82. The summed E-state index contributed by atoms with van der Waals surface area (Å²) in [6.07, 6.45) is 0.657. The fourth-order valence-electron chi connectivity index (χ4n) is 1.65. The minimum absolute atomic E-state index is 0.188. The van der Waals surface area contributed by atoms with E-state index < -0.39 is 0 Å². The Bertz CT molecular complexity index is 347. The summed E-state index contributed by atoms with van der Waals surface area (Å²) < 4.78 is 23.7. The second-order valence-corrected chi connectivity index (χ2v) is 3.59. The number of ether oxygens (including phenoxy) is 2. The molecule has 0 radical (unpaired) electrons. The van der Waals surface area contributed by atoms with Crippen LogP contribution in [0.5, 0.6) is 5.75 Å². The summed E-state index contributed by atoms with van der Waals surface area (Å²) in [4.78, 5) is 0. The first-order valence-corrected chi connectivity index (χ1v) is 5.60. The molecule has 0 heterocycles. The van der Waals surface area contributed by atoms with Crippen molar-refractivity contribution in [2.45, 2.75) is 19.4 Å². The van der Waals surface area contributed by atoms with E-state index in [1.165, 1.54) is 12.1 Å². The molecule has 1 rings (SSSR count). The minimum Gasteiger partial charge on any atom is -0.496 e. The van der Waals surface area contributed by atoms with E-state index in [0.717, 1.165) is 0 Å². The lowest BCUT2D eigenvalue weighted by atomic mass is 10.0. The van der Waals surface area contributed by atoms with Gasteiger partial charge < -0.3 is 9.47 Å². The van der Waals surface area contributed by atoms with Gasteiger partial charge in [0.1, 0.15) is 11.6 Å². The van der Waals surface area contributed by atoms with Crippen LogP contribution in [-0.2, 0) is 4.74 Å². The Hall–Kier alpha value is -1.17. The molecule has 0 aliphatic rings. The highest BCUT2D eigenvalue weighted by Crippen LogP contribution is 2.27. The number of methoxy groups -OCH3 is 1. The van der Waals surface area contributed by atoms with E-state index >= 15 is 0 Å². The molecule has 4 nitrogen and oxygen atoms in total. The van der Waals surface area contributed by atoms with Gasteiger partial charge in [0, 0.05) is 18.8 Å². The predicted octanol–water partition coefficient (Wildman–Crippen LogP) is 1.77. The summed E-state index contributed by atoms with van der Waals surface area (Å²) >= 11 is 0. The second-order valence-electron chi connectivity index (χ2n) is 3.59. The molecule has 3 N–H and O–H groups in total. The molecule has 1 aromatic rings. The largest absolute Gasteiger partial charge is 0.496 e. The van der Waals surface area contributed by atoms with Gasteiger partial charge in [-0.2, -0.15) is 0 Å². The molecular formula is C12H19FN2O2. The summed E-state index contributed by atoms with van der Waals surface area (Å²) in [6.45, 7) is 3.14. The van der Waals surface area contributed by atoms with Gasteiger partial charge in [0.25, 0.3) is 0 Å². The molecule has 0 aromatic heterocycles. The number of hydrogen-bond donors (Lipinski definition) is 2. The van der Waals surface area contributed by atoms with Gasteiger partial charge in [-0.1, -0.05) is 0 Å². The maximum Gasteiger partial charge on any atom is 0.123 e. The molecule has 5 heteroatoms. The van der Waals surface area contributed by atoms with Crippen molar-refractivity contribution in [1.82, 2.24) is 5.43 Å². The highest BCUT2D eigenvalue weighted by atomic mass is 19.1. The molecule has 17 heavy (non-hydrogen) atoms. The molecule has 0 spiro atoms. The average molecular weight is 242 g/mol. The third kappa shape index (κ3) is 3.96. The van der Waals surface area contributed by atoms with E-state index in [1.54, 1.807) is 13.2 Å². The molecule has 1 aromatic carbocycles. The van der Waals surface area contributed by atoms with Crippen molar-refractivity contribution >= 4 is 0 Å². The van der Waals surface area contributed by atoms with Crippen LogP contribution in [-0.4, -0.2) is 20.3 Å². The van der Waals surface area contributed by atoms with Crippen molar-refractivity contribution in [3.05, 3.63) is 29.6 Å². The fraction of sp³-hybridized carbons (Fsp3) is 0.500. The quantitative estimate of drug-likeness (QED) is 0.434. The summed E-state index contributed by atoms with van der Waals surface area (Å²) in [5.74, 6) is 5.79. The first-order valence-electron chi connectivity index (χ1n) is 5.60. The number of hydrogen-bond acceptors (Lipinski definition) is 4. The minimum atomic E-state index is -0.308. The Labute approximate surface area is 101 Å². The van der Waals surface area contributed by atoms with Crippen LogP contribution in [0.3, 0.4) is 0 Å². The molecule has 1 unspecified atom stereocenters. The number of nitrogens with one attached hydrogen (secondary N) is 1. The first-order chi connectivity index (χ1) is 8.22. The smallest absolute Gasteiger partial charge is 0.123 e. The summed E-state index contributed by atoms with van der Waals surface area (Å²) in [7, 11) is 1.55. The number of rotatable bonds is 7. The van der Waals surface area contributed by atoms with Gasteiger partial charge in [0.15, 0.2) is 0 Å². The van der Waals surface area contributed by atoms with E-state index in [-0.39, 0.29) is 11.9 Å². The lowest BCUT2D eigenvalue weighted by Gasteiger charge is -2.19. The van der Waals surface area contributed by atoms with E-state index in [2.05, 4.69) is 5.43 Å². The SMILES string of the molecule is CCOCCC(NN)c1cc(F)ccc1OC. The van der Waals surface area contributed by atoms with Crippen molar-refractivity contribution < 1.29 is 13.9 Å². The van der Waals surface area contributed by atoms with Crippen LogP contribution in [0.15, 0.2) is 18.2 Å². The van der Waals surface area contributed by atoms with Crippen LogP contribution in [0, 0.1) is 5.82 Å². The number of halogens is 1. The van der Waals surface area contributed by atoms with Gasteiger partial charge in [-0.15, -0.1) is 0 Å². The lowest BCUT2D eigenvalue weighted by molar-refractivity contribution is 0.136. The summed E-state index contributed by atoms with van der Waals surface area (Å²) in [5.41, 5.74) is 3.36. The number of hydrazine groups is 1. The van der Waals surface area contributed by atoms with Crippen LogP contribution in [0.4, 0.5) is 4.39 Å². The molecule has 96 valence electrons. The van der Waals surface area contributed by atoms with Crippen molar-refractivity contribution in [3.63, 3.8) is 0 Å². The van der Waals surface area contributed by atoms with Crippen LogP contribution < -0.4 is 16.0 Å². The Kier molecular flexibility index (Phi) is 5.90. The normalized spacial score (nSPS) is 12.5. The zero-order chi connectivity index (χ0) is 12.7. The van der Waals surface area contributed by atoms with Crippen LogP contribution in [0.25, 0.3) is 0 Å². The molecule has 0 fully saturated rings. The third-order valence-electron chi connectivity index (χ3n) is 2.52. The topological polar surface area (TPSA) is 56.5 Å². The standard InChI is InChI=1S/C12H19FN2O2/c1-3-17-7-6-11(15-14)10-8-9(13)4-5-12(10)16-2/h4-5,8,11,15H,3,6-7,14H2,1-2H3. The number of nitrogens with two attached hydrogens (primary N) is 1. The van der Waals surface area contributed by atoms with Crippen molar-refractivity contribution in [1.29, 1.82) is 0 Å². The lowest BCUT2D eigenvalue weighted by Crippen LogP contribution is -2.29. The summed E-state index contributed by atoms with van der Waals surface area (Å²) in [6, 6.07) is 4.19. The van der Waals surface area contributed by atoms with Crippen molar-refractivity contribution in [2.75, 3.05) is 20.3 Å². The first kappa shape index (κ1) is 13.9. The zero-order valence-corrected chi connectivity index (χ0v) is 10.2. The van der Waals surface area contributed by atoms with Gasteiger partial charge in [-0.05, 0) is 31.5 Å². The highest BCUT2D eigenvalue weighted by Gasteiger charge is 2.15. The molecule has 0 bridgehead atoms.